The van der Waals surface area contributed by atoms with Gasteiger partial charge < -0.3 is 5.11 Å². The van der Waals surface area contributed by atoms with Crippen molar-refractivity contribution in [3.8, 4) is 0 Å². The lowest BCUT2D eigenvalue weighted by atomic mass is 10.00. The van der Waals surface area contributed by atoms with E-state index < -0.39 is 17.7 Å². The Hall–Kier alpha value is -2.38. The predicted octanol–water partition coefficient (Wildman–Crippen LogP) is 2.67. The number of alkyl halides is 3. The summed E-state index contributed by atoms with van der Waals surface area (Å²) in [6.45, 7) is 1.79. The molecule has 1 heterocycles. The Morgan fingerprint density at radius 3 is 2.59 bits per heavy atom. The molecule has 0 atom stereocenters. The number of halogens is 3. The third kappa shape index (κ3) is 4.06. The van der Waals surface area contributed by atoms with Crippen molar-refractivity contribution in [2.45, 2.75) is 32.5 Å². The fourth-order valence-corrected chi connectivity index (χ4v) is 2.05. The van der Waals surface area contributed by atoms with Gasteiger partial charge in [-0.25, -0.2) is 0 Å². The smallest absolute Gasteiger partial charge is 0.416 e. The van der Waals surface area contributed by atoms with Crippen molar-refractivity contribution in [2.24, 2.45) is 0 Å². The average Bonchev–Trinajstić information content (AvgIpc) is 2.81. The van der Waals surface area contributed by atoms with Gasteiger partial charge in [0, 0.05) is 6.42 Å². The predicted molar refractivity (Wildman–Crippen MR) is 71.3 cm³/mol. The molecule has 0 aliphatic heterocycles. The van der Waals surface area contributed by atoms with Gasteiger partial charge in [0.2, 0.25) is 0 Å². The zero-order chi connectivity index (χ0) is 16.3. The fraction of sp³-hybridized carbons (Fsp3) is 0.357. The second kappa shape index (κ2) is 6.17. The monoisotopic (exact) mass is 313 g/mol. The van der Waals surface area contributed by atoms with E-state index >= 15 is 0 Å². The molecule has 0 aliphatic carbocycles. The number of aromatic nitrogens is 3. The first-order valence-corrected chi connectivity index (χ1v) is 6.53. The van der Waals surface area contributed by atoms with Crippen molar-refractivity contribution >= 4 is 5.97 Å². The first-order chi connectivity index (χ1) is 10.3. The molecule has 1 aromatic carbocycles. The summed E-state index contributed by atoms with van der Waals surface area (Å²) < 4.78 is 38.5. The normalized spacial score (nSPS) is 11.6. The summed E-state index contributed by atoms with van der Waals surface area (Å²) >= 11 is 0. The van der Waals surface area contributed by atoms with Crippen LogP contribution in [0.2, 0.25) is 0 Å². The summed E-state index contributed by atoms with van der Waals surface area (Å²) in [5, 5.41) is 16.7. The van der Waals surface area contributed by atoms with Gasteiger partial charge in [0.1, 0.15) is 0 Å². The first kappa shape index (κ1) is 16.0. The minimum absolute atomic E-state index is 0.0622. The summed E-state index contributed by atoms with van der Waals surface area (Å²) in [6.07, 6.45) is -2.94. The molecule has 0 saturated carbocycles. The lowest BCUT2D eigenvalue weighted by Crippen LogP contribution is -2.11. The molecule has 22 heavy (non-hydrogen) atoms. The van der Waals surface area contributed by atoms with E-state index in [2.05, 4.69) is 10.2 Å². The Balaban J connectivity index is 2.33. The van der Waals surface area contributed by atoms with Crippen LogP contribution in [0.5, 0.6) is 0 Å². The number of rotatable bonds is 5. The minimum Gasteiger partial charge on any atom is -0.481 e. The van der Waals surface area contributed by atoms with Gasteiger partial charge in [-0.1, -0.05) is 6.07 Å². The zero-order valence-electron chi connectivity index (χ0n) is 11.8. The summed E-state index contributed by atoms with van der Waals surface area (Å²) in [4.78, 5) is 11.9. The van der Waals surface area contributed by atoms with E-state index in [0.29, 0.717) is 16.8 Å². The zero-order valence-corrected chi connectivity index (χ0v) is 11.8. The lowest BCUT2D eigenvalue weighted by Gasteiger charge is -2.13. The van der Waals surface area contributed by atoms with Crippen LogP contribution >= 0.6 is 0 Å². The third-order valence-corrected chi connectivity index (χ3v) is 3.10. The highest BCUT2D eigenvalue weighted by Gasteiger charge is 2.31. The van der Waals surface area contributed by atoms with Gasteiger partial charge in [-0.3, -0.25) is 4.79 Å². The van der Waals surface area contributed by atoms with E-state index in [1.807, 2.05) is 0 Å². The summed E-state index contributed by atoms with van der Waals surface area (Å²) in [7, 11) is 0. The van der Waals surface area contributed by atoms with Crippen LogP contribution < -0.4 is 0 Å². The molecule has 0 unspecified atom stereocenters. The summed E-state index contributed by atoms with van der Waals surface area (Å²) in [5.41, 5.74) is 0.793. The molecule has 1 N–H and O–H groups in total. The summed E-state index contributed by atoms with van der Waals surface area (Å²) in [6, 6.07) is 3.30. The van der Waals surface area contributed by atoms with E-state index in [-0.39, 0.29) is 19.4 Å². The Labute approximate surface area is 124 Å². The Morgan fingerprint density at radius 1 is 1.32 bits per heavy atom. The van der Waals surface area contributed by atoms with E-state index in [1.165, 1.54) is 17.1 Å². The molecule has 2 aromatic rings. The Kier molecular flexibility index (Phi) is 4.48. The van der Waals surface area contributed by atoms with Crippen LogP contribution in [0.4, 0.5) is 13.2 Å². The summed E-state index contributed by atoms with van der Waals surface area (Å²) in [5.74, 6) is -1.00. The number of benzene rings is 1. The van der Waals surface area contributed by atoms with Crippen LogP contribution in [0.1, 0.15) is 28.8 Å². The molecule has 2 rings (SSSR count). The van der Waals surface area contributed by atoms with Gasteiger partial charge >= 0.3 is 12.1 Å². The topological polar surface area (TPSA) is 68.0 Å². The van der Waals surface area contributed by atoms with Crippen molar-refractivity contribution in [2.75, 3.05) is 0 Å². The van der Waals surface area contributed by atoms with Crippen LogP contribution in [0, 0.1) is 6.92 Å². The van der Waals surface area contributed by atoms with Gasteiger partial charge in [0.25, 0.3) is 0 Å². The number of aliphatic carboxylic acids is 1. The Morgan fingerprint density at radius 2 is 2.05 bits per heavy atom. The number of nitrogens with zero attached hydrogens (tertiary/aromatic N) is 3. The number of hydrogen-bond acceptors (Lipinski definition) is 3. The minimum atomic E-state index is -4.45. The first-order valence-electron chi connectivity index (χ1n) is 6.53. The van der Waals surface area contributed by atoms with Gasteiger partial charge in [-0.2, -0.15) is 28.2 Å². The molecule has 0 aliphatic rings. The van der Waals surface area contributed by atoms with Gasteiger partial charge in [0.15, 0.2) is 0 Å². The molecule has 0 spiro atoms. The largest absolute Gasteiger partial charge is 0.481 e. The molecule has 1 aromatic heterocycles. The second-order valence-electron chi connectivity index (χ2n) is 4.89. The second-order valence-corrected chi connectivity index (χ2v) is 4.89. The van der Waals surface area contributed by atoms with Crippen molar-refractivity contribution in [3.63, 3.8) is 0 Å². The van der Waals surface area contributed by atoms with Crippen molar-refractivity contribution < 1.29 is 23.1 Å². The maximum Gasteiger partial charge on any atom is 0.416 e. The highest BCUT2D eigenvalue weighted by molar-refractivity contribution is 5.67. The van der Waals surface area contributed by atoms with E-state index in [4.69, 9.17) is 5.11 Å². The molecule has 0 bridgehead atoms. The third-order valence-electron chi connectivity index (χ3n) is 3.10. The van der Waals surface area contributed by atoms with Gasteiger partial charge in [0.05, 0.1) is 24.0 Å². The maximum atomic E-state index is 12.8. The quantitative estimate of drug-likeness (QED) is 0.921. The standard InChI is InChI=1S/C14H14F3N3O2/c1-9-7-18-20(19-9)8-11-6-12(14(15,16)17)4-2-10(11)3-5-13(21)22/h2,4,6-7H,3,5,8H2,1H3,(H,21,22). The number of carboxylic acid groups (broad SMARTS) is 1. The molecule has 0 saturated heterocycles. The van der Waals surface area contributed by atoms with Crippen LogP contribution in [0.15, 0.2) is 24.4 Å². The van der Waals surface area contributed by atoms with E-state index in [1.54, 1.807) is 6.92 Å². The average molecular weight is 313 g/mol. The molecular weight excluding hydrogens is 299 g/mol. The molecule has 0 amide bonds. The number of carbonyl (C=O) groups is 1. The van der Waals surface area contributed by atoms with Crippen LogP contribution in [-0.4, -0.2) is 26.1 Å². The molecule has 118 valence electrons. The molecule has 0 radical (unpaired) electrons. The van der Waals surface area contributed by atoms with E-state index in [9.17, 15) is 18.0 Å². The molecule has 8 heteroatoms. The van der Waals surface area contributed by atoms with E-state index in [0.717, 1.165) is 12.1 Å². The van der Waals surface area contributed by atoms with Crippen LogP contribution in [0.25, 0.3) is 0 Å². The number of hydrogen-bond donors (Lipinski definition) is 1. The molecule has 0 fully saturated rings. The van der Waals surface area contributed by atoms with Gasteiger partial charge in [-0.15, -0.1) is 0 Å². The van der Waals surface area contributed by atoms with Crippen molar-refractivity contribution in [3.05, 3.63) is 46.8 Å². The maximum absolute atomic E-state index is 12.8. The SMILES string of the molecule is Cc1cnn(Cc2cc(C(F)(F)F)ccc2CCC(=O)O)n1. The molecular formula is C14H14F3N3O2. The fourth-order valence-electron chi connectivity index (χ4n) is 2.05. The van der Waals surface area contributed by atoms with Crippen LogP contribution in [0.3, 0.4) is 0 Å². The number of aryl methyl sites for hydroxylation is 2. The molecule has 5 nitrogen and oxygen atoms in total. The Bertz CT molecular complexity index is 680. The van der Waals surface area contributed by atoms with Gasteiger partial charge in [-0.05, 0) is 36.6 Å². The van der Waals surface area contributed by atoms with Crippen molar-refractivity contribution in [1.29, 1.82) is 0 Å². The number of carboxylic acids is 1. The van der Waals surface area contributed by atoms with Crippen molar-refractivity contribution in [1.82, 2.24) is 15.0 Å². The lowest BCUT2D eigenvalue weighted by molar-refractivity contribution is -0.138. The highest BCUT2D eigenvalue weighted by atomic mass is 19.4. The van der Waals surface area contributed by atoms with Crippen LogP contribution in [-0.2, 0) is 23.9 Å². The highest BCUT2D eigenvalue weighted by Crippen LogP contribution is 2.31.